The SMILES string of the molecule is C[C@H]1[C@H](C)CC[C@]2(C(=O)O)CC[C@]34C[C@]3(C=C[C@@H]3[C@@]5(C)C[C@@H](O)[C@@H](O)[C@@](C)(CO)[C@@H]5CC[C@]34C)[C@H]12. The van der Waals surface area contributed by atoms with Gasteiger partial charge in [0.25, 0.3) is 0 Å². The second-order valence-electron chi connectivity index (χ2n) is 14.8. The van der Waals surface area contributed by atoms with Gasteiger partial charge in [0.2, 0.25) is 0 Å². The number of carboxylic acid groups (broad SMARTS) is 1. The molecular formula is C30H46O5. The van der Waals surface area contributed by atoms with E-state index in [4.69, 9.17) is 0 Å². The lowest BCUT2D eigenvalue weighted by Gasteiger charge is -2.68. The first kappa shape index (κ1) is 24.4. The van der Waals surface area contributed by atoms with Gasteiger partial charge in [0, 0.05) is 5.41 Å². The second kappa shape index (κ2) is 6.94. The summed E-state index contributed by atoms with van der Waals surface area (Å²) in [5.74, 6) is 0.945. The van der Waals surface area contributed by atoms with Crippen molar-refractivity contribution in [2.75, 3.05) is 6.61 Å². The van der Waals surface area contributed by atoms with Crippen LogP contribution in [0.25, 0.3) is 0 Å². The van der Waals surface area contributed by atoms with Gasteiger partial charge in [0.05, 0.1) is 24.2 Å². The largest absolute Gasteiger partial charge is 0.481 e. The molecule has 0 unspecified atom stereocenters. The van der Waals surface area contributed by atoms with Crippen molar-refractivity contribution in [1.82, 2.24) is 0 Å². The van der Waals surface area contributed by atoms with Crippen molar-refractivity contribution in [3.63, 3.8) is 0 Å². The van der Waals surface area contributed by atoms with Gasteiger partial charge in [-0.15, -0.1) is 0 Å². The van der Waals surface area contributed by atoms with Crippen molar-refractivity contribution in [2.24, 2.45) is 62.1 Å². The molecule has 0 heterocycles. The summed E-state index contributed by atoms with van der Waals surface area (Å²) in [6, 6.07) is 0. The number of aliphatic carboxylic acids is 1. The number of aliphatic hydroxyl groups excluding tert-OH is 3. The van der Waals surface area contributed by atoms with E-state index >= 15 is 0 Å². The monoisotopic (exact) mass is 486 g/mol. The molecule has 13 atom stereocenters. The van der Waals surface area contributed by atoms with E-state index in [-0.39, 0.29) is 46.0 Å². The zero-order valence-corrected chi connectivity index (χ0v) is 22.3. The van der Waals surface area contributed by atoms with Gasteiger partial charge in [0.1, 0.15) is 0 Å². The maximum absolute atomic E-state index is 12.9. The molecule has 6 aliphatic rings. The summed E-state index contributed by atoms with van der Waals surface area (Å²) in [6.45, 7) is 11.3. The van der Waals surface area contributed by atoms with E-state index in [1.165, 1.54) is 0 Å². The number of rotatable bonds is 2. The Kier molecular flexibility index (Phi) is 4.84. The Morgan fingerprint density at radius 2 is 1.74 bits per heavy atom. The van der Waals surface area contributed by atoms with Gasteiger partial charge in [-0.3, -0.25) is 4.79 Å². The van der Waals surface area contributed by atoms with Crippen LogP contribution in [-0.2, 0) is 4.79 Å². The molecule has 0 radical (unpaired) electrons. The minimum atomic E-state index is -0.906. The highest BCUT2D eigenvalue weighted by Crippen LogP contribution is 2.90. The van der Waals surface area contributed by atoms with E-state index < -0.39 is 29.0 Å². The minimum Gasteiger partial charge on any atom is -0.481 e. The van der Waals surface area contributed by atoms with Crippen molar-refractivity contribution >= 4 is 5.97 Å². The molecule has 0 bridgehead atoms. The van der Waals surface area contributed by atoms with E-state index in [1.807, 2.05) is 6.92 Å². The van der Waals surface area contributed by atoms with Gasteiger partial charge in [-0.2, -0.15) is 0 Å². The molecule has 5 nitrogen and oxygen atoms in total. The molecular weight excluding hydrogens is 440 g/mol. The molecule has 0 aromatic heterocycles. The van der Waals surface area contributed by atoms with E-state index in [2.05, 4.69) is 39.8 Å². The Morgan fingerprint density at radius 3 is 2.40 bits per heavy atom. The first-order chi connectivity index (χ1) is 16.3. The van der Waals surface area contributed by atoms with Crippen LogP contribution in [0.5, 0.6) is 0 Å². The lowest BCUT2D eigenvalue weighted by Crippen LogP contribution is -2.67. The molecule has 6 aliphatic carbocycles. The van der Waals surface area contributed by atoms with Crippen molar-refractivity contribution in [1.29, 1.82) is 0 Å². The average molecular weight is 487 g/mol. The summed E-state index contributed by atoms with van der Waals surface area (Å²) >= 11 is 0. The van der Waals surface area contributed by atoms with Crippen molar-refractivity contribution in [2.45, 2.75) is 98.2 Å². The van der Waals surface area contributed by atoms with E-state index in [0.29, 0.717) is 18.3 Å². The number of allylic oxidation sites excluding steroid dienone is 2. The summed E-state index contributed by atoms with van der Waals surface area (Å²) in [5.41, 5.74) is -1.39. The van der Waals surface area contributed by atoms with Crippen molar-refractivity contribution in [3.8, 4) is 0 Å². The molecule has 0 aromatic rings. The molecule has 0 amide bonds. The number of hydrogen-bond acceptors (Lipinski definition) is 4. The number of aliphatic hydroxyl groups is 3. The van der Waals surface area contributed by atoms with E-state index in [9.17, 15) is 25.2 Å². The van der Waals surface area contributed by atoms with Crippen LogP contribution >= 0.6 is 0 Å². The van der Waals surface area contributed by atoms with Crippen molar-refractivity contribution in [3.05, 3.63) is 12.2 Å². The Hall–Kier alpha value is -0.910. The lowest BCUT2D eigenvalue weighted by atomic mass is 9.36. The van der Waals surface area contributed by atoms with Crippen LogP contribution in [0.15, 0.2) is 12.2 Å². The fourth-order valence-corrected chi connectivity index (χ4v) is 12.2. The third-order valence-corrected chi connectivity index (χ3v) is 14.1. The normalized spacial score (nSPS) is 62.6. The standard InChI is InChI=1S/C30H46O5/c1-17-6-10-28(24(34)35)12-13-30-15-29(30,22(28)18(17)2)11-8-21-25(3)14-19(32)23(33)26(4,16-31)20(25)7-9-27(21,30)5/h8,11,17-23,31-33H,6-7,9-10,12-16H2,1-5H3,(H,34,35)/t17-,18+,19-,20-,21-,22-,23-,25+,26+,27-,28+,29-,30-/m1/s1. The number of hydrogen-bond donors (Lipinski definition) is 4. The summed E-state index contributed by atoms with van der Waals surface area (Å²) in [7, 11) is 0. The van der Waals surface area contributed by atoms with E-state index in [0.717, 1.165) is 44.9 Å². The predicted octanol–water partition coefficient (Wildman–Crippen LogP) is 4.64. The second-order valence-corrected chi connectivity index (χ2v) is 14.8. The Bertz CT molecular complexity index is 978. The molecule has 0 saturated heterocycles. The van der Waals surface area contributed by atoms with Gasteiger partial charge >= 0.3 is 5.97 Å². The van der Waals surface area contributed by atoms with Crippen LogP contribution < -0.4 is 0 Å². The summed E-state index contributed by atoms with van der Waals surface area (Å²) in [6.07, 6.45) is 10.4. The molecule has 35 heavy (non-hydrogen) atoms. The van der Waals surface area contributed by atoms with Crippen LogP contribution in [0.1, 0.15) is 86.0 Å². The molecule has 0 aliphatic heterocycles. The number of carbonyl (C=O) groups is 1. The highest BCUT2D eigenvalue weighted by molar-refractivity contribution is 5.76. The molecule has 196 valence electrons. The van der Waals surface area contributed by atoms with Gasteiger partial charge in [-0.05, 0) is 103 Å². The Morgan fingerprint density at radius 1 is 1.03 bits per heavy atom. The van der Waals surface area contributed by atoms with Gasteiger partial charge < -0.3 is 20.4 Å². The molecule has 6 rings (SSSR count). The number of carboxylic acids is 1. The molecule has 0 aromatic carbocycles. The maximum Gasteiger partial charge on any atom is 0.309 e. The fraction of sp³-hybridized carbons (Fsp3) is 0.900. The smallest absolute Gasteiger partial charge is 0.309 e. The first-order valence-corrected chi connectivity index (χ1v) is 14.2. The lowest BCUT2D eigenvalue weighted by molar-refractivity contribution is -0.235. The van der Waals surface area contributed by atoms with E-state index in [1.54, 1.807) is 0 Å². The first-order valence-electron chi connectivity index (χ1n) is 14.2. The molecule has 5 fully saturated rings. The third kappa shape index (κ3) is 2.46. The van der Waals surface area contributed by atoms with Gasteiger partial charge in [-0.1, -0.05) is 46.8 Å². The molecule has 5 saturated carbocycles. The predicted molar refractivity (Wildman–Crippen MR) is 133 cm³/mol. The summed E-state index contributed by atoms with van der Waals surface area (Å²) in [5, 5.41) is 42.9. The highest BCUT2D eigenvalue weighted by atomic mass is 16.4. The van der Waals surface area contributed by atoms with Crippen LogP contribution in [0.2, 0.25) is 0 Å². The van der Waals surface area contributed by atoms with Gasteiger partial charge in [0.15, 0.2) is 0 Å². The highest BCUT2D eigenvalue weighted by Gasteiger charge is 2.85. The summed E-state index contributed by atoms with van der Waals surface area (Å²) < 4.78 is 0. The van der Waals surface area contributed by atoms with Crippen LogP contribution in [-0.4, -0.2) is 45.2 Å². The molecule has 0 spiro atoms. The summed E-state index contributed by atoms with van der Waals surface area (Å²) in [4.78, 5) is 12.9. The topological polar surface area (TPSA) is 98.0 Å². The zero-order valence-electron chi connectivity index (χ0n) is 22.3. The Labute approximate surface area is 210 Å². The molecule has 4 N–H and O–H groups in total. The fourth-order valence-electron chi connectivity index (χ4n) is 12.2. The van der Waals surface area contributed by atoms with Crippen LogP contribution in [0, 0.1) is 62.1 Å². The number of fused-ring (bicyclic) bond motifs is 4. The minimum absolute atomic E-state index is 0.0285. The molecule has 5 heteroatoms. The van der Waals surface area contributed by atoms with Crippen molar-refractivity contribution < 1.29 is 25.2 Å². The quantitative estimate of drug-likeness (QED) is 0.426. The zero-order chi connectivity index (χ0) is 25.4. The Balaban J connectivity index is 1.47. The third-order valence-electron chi connectivity index (χ3n) is 14.1. The average Bonchev–Trinajstić information content (AvgIpc) is 3.51. The van der Waals surface area contributed by atoms with Gasteiger partial charge in [-0.25, -0.2) is 0 Å². The maximum atomic E-state index is 12.9. The van der Waals surface area contributed by atoms with Crippen LogP contribution in [0.4, 0.5) is 0 Å². The van der Waals surface area contributed by atoms with Crippen LogP contribution in [0.3, 0.4) is 0 Å².